The van der Waals surface area contributed by atoms with E-state index in [-0.39, 0.29) is 5.76 Å². The summed E-state index contributed by atoms with van der Waals surface area (Å²) in [5, 5.41) is 9.37. The van der Waals surface area contributed by atoms with Crippen molar-refractivity contribution in [3.05, 3.63) is 58.5 Å². The summed E-state index contributed by atoms with van der Waals surface area (Å²) in [5.74, 6) is -1.09. The lowest BCUT2D eigenvalue weighted by Gasteiger charge is -1.97. The van der Waals surface area contributed by atoms with Gasteiger partial charge in [0.05, 0.1) is 6.26 Å². The standard InChI is InChI=1S/C12H9ClO3/c13-10-3-1-8(2-4-10)5-9-6-11(12(14)15)16-7-9/h1-4,6-7H,5H2,(H,14,15). The molecule has 1 N–H and O–H groups in total. The van der Waals surface area contributed by atoms with Gasteiger partial charge in [-0.15, -0.1) is 0 Å². The molecular weight excluding hydrogens is 228 g/mol. The molecule has 0 atom stereocenters. The second-order valence-corrected chi connectivity index (χ2v) is 3.86. The minimum atomic E-state index is -1.05. The van der Waals surface area contributed by atoms with Crippen molar-refractivity contribution in [1.29, 1.82) is 0 Å². The summed E-state index contributed by atoms with van der Waals surface area (Å²) >= 11 is 5.76. The van der Waals surface area contributed by atoms with Crippen molar-refractivity contribution in [2.45, 2.75) is 6.42 Å². The Morgan fingerprint density at radius 1 is 1.25 bits per heavy atom. The van der Waals surface area contributed by atoms with Gasteiger partial charge < -0.3 is 9.52 Å². The molecule has 0 saturated heterocycles. The highest BCUT2D eigenvalue weighted by molar-refractivity contribution is 6.30. The molecule has 0 aliphatic heterocycles. The van der Waals surface area contributed by atoms with Crippen LogP contribution in [0.4, 0.5) is 0 Å². The molecule has 4 heteroatoms. The summed E-state index contributed by atoms with van der Waals surface area (Å²) in [5.41, 5.74) is 1.89. The smallest absolute Gasteiger partial charge is 0.371 e. The van der Waals surface area contributed by atoms with Gasteiger partial charge in [-0.1, -0.05) is 23.7 Å². The third-order valence-electron chi connectivity index (χ3n) is 2.19. The fourth-order valence-corrected chi connectivity index (χ4v) is 1.54. The molecule has 1 aromatic carbocycles. The SMILES string of the molecule is O=C(O)c1cc(Cc2ccc(Cl)cc2)co1. The van der Waals surface area contributed by atoms with Gasteiger partial charge in [0.15, 0.2) is 0 Å². The Morgan fingerprint density at radius 3 is 2.50 bits per heavy atom. The zero-order valence-corrected chi connectivity index (χ0v) is 9.07. The zero-order chi connectivity index (χ0) is 11.5. The van der Waals surface area contributed by atoms with Crippen LogP contribution in [0.25, 0.3) is 0 Å². The van der Waals surface area contributed by atoms with Crippen molar-refractivity contribution in [3.8, 4) is 0 Å². The lowest BCUT2D eigenvalue weighted by Crippen LogP contribution is -1.92. The van der Waals surface area contributed by atoms with E-state index in [9.17, 15) is 4.79 Å². The normalized spacial score (nSPS) is 10.3. The number of halogens is 1. The van der Waals surface area contributed by atoms with E-state index in [0.29, 0.717) is 11.4 Å². The molecule has 0 radical (unpaired) electrons. The highest BCUT2D eigenvalue weighted by Crippen LogP contribution is 2.15. The van der Waals surface area contributed by atoms with Gasteiger partial charge >= 0.3 is 5.97 Å². The van der Waals surface area contributed by atoms with Crippen LogP contribution in [0.2, 0.25) is 5.02 Å². The van der Waals surface area contributed by atoms with Crippen LogP contribution in [0.1, 0.15) is 21.7 Å². The quantitative estimate of drug-likeness (QED) is 0.890. The average Bonchev–Trinajstić information content (AvgIpc) is 2.70. The number of carboxylic acid groups (broad SMARTS) is 1. The van der Waals surface area contributed by atoms with Crippen LogP contribution in [0, 0.1) is 0 Å². The van der Waals surface area contributed by atoms with E-state index >= 15 is 0 Å². The summed E-state index contributed by atoms with van der Waals surface area (Å²) in [6.45, 7) is 0. The molecule has 0 spiro atoms. The Bertz CT molecular complexity index is 499. The molecule has 2 rings (SSSR count). The van der Waals surface area contributed by atoms with E-state index < -0.39 is 5.97 Å². The lowest BCUT2D eigenvalue weighted by molar-refractivity contribution is 0.0662. The highest BCUT2D eigenvalue weighted by atomic mass is 35.5. The minimum Gasteiger partial charge on any atom is -0.475 e. The fourth-order valence-electron chi connectivity index (χ4n) is 1.42. The number of rotatable bonds is 3. The molecule has 1 aromatic heterocycles. The molecular formula is C12H9ClO3. The van der Waals surface area contributed by atoms with Gasteiger partial charge in [0.2, 0.25) is 5.76 Å². The van der Waals surface area contributed by atoms with Gasteiger partial charge in [-0.05, 0) is 29.3 Å². The number of hydrogen-bond donors (Lipinski definition) is 1. The van der Waals surface area contributed by atoms with Crippen LogP contribution in [-0.4, -0.2) is 11.1 Å². The first kappa shape index (κ1) is 10.8. The predicted molar refractivity (Wildman–Crippen MR) is 59.9 cm³/mol. The number of carboxylic acids is 1. The molecule has 0 saturated carbocycles. The Morgan fingerprint density at radius 2 is 1.94 bits per heavy atom. The molecule has 82 valence electrons. The van der Waals surface area contributed by atoms with Crippen LogP contribution in [0.3, 0.4) is 0 Å². The number of hydrogen-bond acceptors (Lipinski definition) is 2. The molecule has 0 aliphatic carbocycles. The minimum absolute atomic E-state index is 0.0380. The molecule has 3 nitrogen and oxygen atoms in total. The molecule has 0 unspecified atom stereocenters. The number of furan rings is 1. The molecule has 0 bridgehead atoms. The van der Waals surface area contributed by atoms with Crippen molar-refractivity contribution < 1.29 is 14.3 Å². The summed E-state index contributed by atoms with van der Waals surface area (Å²) in [4.78, 5) is 10.6. The van der Waals surface area contributed by atoms with Crippen LogP contribution in [-0.2, 0) is 6.42 Å². The lowest BCUT2D eigenvalue weighted by atomic mass is 10.1. The number of benzene rings is 1. The van der Waals surface area contributed by atoms with Crippen molar-refractivity contribution in [2.24, 2.45) is 0 Å². The summed E-state index contributed by atoms with van der Waals surface area (Å²) in [6.07, 6.45) is 2.09. The Balaban J connectivity index is 2.14. The van der Waals surface area contributed by atoms with E-state index in [2.05, 4.69) is 0 Å². The molecule has 16 heavy (non-hydrogen) atoms. The van der Waals surface area contributed by atoms with E-state index in [4.69, 9.17) is 21.1 Å². The Kier molecular flexibility index (Phi) is 2.97. The van der Waals surface area contributed by atoms with Crippen LogP contribution >= 0.6 is 11.6 Å². The van der Waals surface area contributed by atoms with Gasteiger partial charge in [0.1, 0.15) is 0 Å². The molecule has 0 amide bonds. The van der Waals surface area contributed by atoms with Crippen molar-refractivity contribution in [2.75, 3.05) is 0 Å². The van der Waals surface area contributed by atoms with Gasteiger partial charge in [-0.3, -0.25) is 0 Å². The van der Waals surface area contributed by atoms with Gasteiger partial charge in [0.25, 0.3) is 0 Å². The van der Waals surface area contributed by atoms with E-state index in [1.165, 1.54) is 12.3 Å². The maximum absolute atomic E-state index is 10.6. The third kappa shape index (κ3) is 2.44. The molecule has 2 aromatic rings. The Hall–Kier alpha value is -1.74. The third-order valence-corrected chi connectivity index (χ3v) is 2.44. The van der Waals surface area contributed by atoms with Gasteiger partial charge in [-0.25, -0.2) is 4.79 Å². The largest absolute Gasteiger partial charge is 0.475 e. The maximum Gasteiger partial charge on any atom is 0.371 e. The van der Waals surface area contributed by atoms with Gasteiger partial charge in [0, 0.05) is 11.4 Å². The first-order chi connectivity index (χ1) is 7.65. The number of carbonyl (C=O) groups is 1. The zero-order valence-electron chi connectivity index (χ0n) is 8.31. The topological polar surface area (TPSA) is 50.4 Å². The Labute approximate surface area is 97.3 Å². The monoisotopic (exact) mass is 236 g/mol. The van der Waals surface area contributed by atoms with Crippen molar-refractivity contribution in [1.82, 2.24) is 0 Å². The van der Waals surface area contributed by atoms with E-state index in [1.807, 2.05) is 12.1 Å². The maximum atomic E-state index is 10.6. The van der Waals surface area contributed by atoms with E-state index in [0.717, 1.165) is 11.1 Å². The number of aromatic carboxylic acids is 1. The second kappa shape index (κ2) is 4.41. The first-order valence-electron chi connectivity index (χ1n) is 4.70. The summed E-state index contributed by atoms with van der Waals surface area (Å²) < 4.78 is 4.90. The molecule has 0 aliphatic rings. The fraction of sp³-hybridized carbons (Fsp3) is 0.0833. The van der Waals surface area contributed by atoms with Gasteiger partial charge in [-0.2, -0.15) is 0 Å². The average molecular weight is 237 g/mol. The van der Waals surface area contributed by atoms with Crippen LogP contribution < -0.4 is 0 Å². The van der Waals surface area contributed by atoms with Crippen molar-refractivity contribution in [3.63, 3.8) is 0 Å². The van der Waals surface area contributed by atoms with Crippen LogP contribution in [0.5, 0.6) is 0 Å². The summed E-state index contributed by atoms with van der Waals surface area (Å²) in [7, 11) is 0. The molecule has 0 fully saturated rings. The summed E-state index contributed by atoms with van der Waals surface area (Å²) in [6, 6.07) is 8.92. The predicted octanol–water partition coefficient (Wildman–Crippen LogP) is 3.22. The second-order valence-electron chi connectivity index (χ2n) is 3.43. The van der Waals surface area contributed by atoms with Crippen molar-refractivity contribution >= 4 is 17.6 Å². The molecule has 1 heterocycles. The highest BCUT2D eigenvalue weighted by Gasteiger charge is 2.08. The van der Waals surface area contributed by atoms with Crippen LogP contribution in [0.15, 0.2) is 41.0 Å². The van der Waals surface area contributed by atoms with E-state index in [1.54, 1.807) is 12.1 Å². The first-order valence-corrected chi connectivity index (χ1v) is 5.08.